The minimum absolute atomic E-state index is 0.0656. The molecule has 1 aromatic rings. The largest absolute Gasteiger partial charge is 0.324 e. The molecule has 1 amide bonds. The highest BCUT2D eigenvalue weighted by molar-refractivity contribution is 14.1. The first-order valence-corrected chi connectivity index (χ1v) is 7.21. The van der Waals surface area contributed by atoms with Crippen molar-refractivity contribution < 1.29 is 4.79 Å². The highest BCUT2D eigenvalue weighted by Crippen LogP contribution is 2.17. The number of nitrogens with zero attached hydrogens (tertiary/aromatic N) is 1. The maximum Gasteiger partial charge on any atom is 0.238 e. The van der Waals surface area contributed by atoms with Crippen LogP contribution in [0.4, 0.5) is 5.69 Å². The lowest BCUT2D eigenvalue weighted by atomic mass is 10.3. The van der Waals surface area contributed by atoms with E-state index in [1.165, 1.54) is 0 Å². The summed E-state index contributed by atoms with van der Waals surface area (Å²) in [6.45, 7) is 2.42. The fourth-order valence-electron chi connectivity index (χ4n) is 2.17. The number of hydrogen-bond donors (Lipinski definition) is 2. The van der Waals surface area contributed by atoms with Crippen LogP contribution in [0.25, 0.3) is 0 Å². The van der Waals surface area contributed by atoms with Crippen LogP contribution in [0.15, 0.2) is 24.3 Å². The number of para-hydroxylation sites is 1. The Balaban J connectivity index is 1.84. The van der Waals surface area contributed by atoms with Gasteiger partial charge < -0.3 is 10.6 Å². The normalized spacial score (nSPS) is 20.0. The number of benzene rings is 1. The summed E-state index contributed by atoms with van der Waals surface area (Å²) in [7, 11) is 1.97. The molecule has 0 radical (unpaired) electrons. The van der Waals surface area contributed by atoms with Crippen molar-refractivity contribution in [3.63, 3.8) is 0 Å². The zero-order chi connectivity index (χ0) is 13.0. The SMILES string of the molecule is CNC1CCN(CC(=O)Nc2ccccc2I)C1. The Labute approximate surface area is 121 Å². The van der Waals surface area contributed by atoms with E-state index in [9.17, 15) is 4.79 Å². The summed E-state index contributed by atoms with van der Waals surface area (Å²) in [5.74, 6) is 0.0656. The number of carbonyl (C=O) groups is 1. The quantitative estimate of drug-likeness (QED) is 0.802. The van der Waals surface area contributed by atoms with Crippen LogP contribution in [0.5, 0.6) is 0 Å². The smallest absolute Gasteiger partial charge is 0.238 e. The van der Waals surface area contributed by atoms with Gasteiger partial charge in [0.15, 0.2) is 0 Å². The van der Waals surface area contributed by atoms with Crippen LogP contribution < -0.4 is 10.6 Å². The van der Waals surface area contributed by atoms with Crippen molar-refractivity contribution in [1.82, 2.24) is 10.2 Å². The lowest BCUT2D eigenvalue weighted by Gasteiger charge is -2.15. The molecule has 1 aliphatic heterocycles. The summed E-state index contributed by atoms with van der Waals surface area (Å²) in [6.07, 6.45) is 1.12. The van der Waals surface area contributed by atoms with Crippen LogP contribution in [0.1, 0.15) is 6.42 Å². The number of hydrogen-bond acceptors (Lipinski definition) is 3. The second-order valence-corrected chi connectivity index (χ2v) is 5.70. The molecule has 1 atom stereocenters. The van der Waals surface area contributed by atoms with Crippen molar-refractivity contribution in [2.24, 2.45) is 0 Å². The molecule has 0 bridgehead atoms. The standard InChI is InChI=1S/C13H18IN3O/c1-15-10-6-7-17(8-10)9-13(18)16-12-5-3-2-4-11(12)14/h2-5,10,15H,6-9H2,1H3,(H,16,18). The van der Waals surface area contributed by atoms with Gasteiger partial charge in [-0.05, 0) is 48.2 Å². The van der Waals surface area contributed by atoms with Crippen molar-refractivity contribution in [3.8, 4) is 0 Å². The summed E-state index contributed by atoms with van der Waals surface area (Å²) < 4.78 is 1.07. The molecule has 1 saturated heterocycles. The third kappa shape index (κ3) is 3.66. The lowest BCUT2D eigenvalue weighted by molar-refractivity contribution is -0.117. The van der Waals surface area contributed by atoms with E-state index in [-0.39, 0.29) is 5.91 Å². The molecule has 0 saturated carbocycles. The minimum atomic E-state index is 0.0656. The van der Waals surface area contributed by atoms with Gasteiger partial charge in [-0.3, -0.25) is 9.69 Å². The first-order chi connectivity index (χ1) is 8.69. The predicted molar refractivity (Wildman–Crippen MR) is 81.7 cm³/mol. The van der Waals surface area contributed by atoms with E-state index < -0.39 is 0 Å². The van der Waals surface area contributed by atoms with E-state index in [4.69, 9.17) is 0 Å². The minimum Gasteiger partial charge on any atom is -0.324 e. The summed E-state index contributed by atoms with van der Waals surface area (Å²) in [6, 6.07) is 8.35. The third-order valence-corrected chi connectivity index (χ3v) is 4.14. The van der Waals surface area contributed by atoms with E-state index in [1.54, 1.807) is 0 Å². The van der Waals surface area contributed by atoms with E-state index in [0.717, 1.165) is 28.8 Å². The molecule has 0 aromatic heterocycles. The van der Waals surface area contributed by atoms with Crippen LogP contribution in [-0.2, 0) is 4.79 Å². The maximum absolute atomic E-state index is 11.9. The van der Waals surface area contributed by atoms with E-state index in [0.29, 0.717) is 12.6 Å². The summed E-state index contributed by atoms with van der Waals surface area (Å²) in [5, 5.41) is 6.21. The highest BCUT2D eigenvalue weighted by atomic mass is 127. The Morgan fingerprint density at radius 2 is 2.28 bits per heavy atom. The molecule has 1 unspecified atom stereocenters. The molecule has 5 heteroatoms. The molecule has 0 aliphatic carbocycles. The zero-order valence-corrected chi connectivity index (χ0v) is 12.6. The fourth-order valence-corrected chi connectivity index (χ4v) is 2.69. The highest BCUT2D eigenvalue weighted by Gasteiger charge is 2.22. The van der Waals surface area contributed by atoms with Crippen molar-refractivity contribution in [2.45, 2.75) is 12.5 Å². The molecule has 98 valence electrons. The van der Waals surface area contributed by atoms with Gasteiger partial charge in [0.25, 0.3) is 0 Å². The average molecular weight is 359 g/mol. The number of nitrogens with one attached hydrogen (secondary N) is 2. The summed E-state index contributed by atoms with van der Waals surface area (Å²) in [4.78, 5) is 14.1. The zero-order valence-electron chi connectivity index (χ0n) is 10.4. The van der Waals surface area contributed by atoms with E-state index in [1.807, 2.05) is 31.3 Å². The number of anilines is 1. The van der Waals surface area contributed by atoms with E-state index in [2.05, 4.69) is 38.1 Å². The molecule has 4 nitrogen and oxygen atoms in total. The molecule has 2 rings (SSSR count). The number of likely N-dealkylation sites (N-methyl/N-ethyl adjacent to an activating group) is 1. The number of carbonyl (C=O) groups excluding carboxylic acids is 1. The molecular weight excluding hydrogens is 341 g/mol. The van der Waals surface area contributed by atoms with Crippen molar-refractivity contribution in [2.75, 3.05) is 32.0 Å². The van der Waals surface area contributed by atoms with Gasteiger partial charge in [-0.2, -0.15) is 0 Å². The molecule has 18 heavy (non-hydrogen) atoms. The number of likely N-dealkylation sites (tertiary alicyclic amines) is 1. The van der Waals surface area contributed by atoms with Crippen LogP contribution in [0.2, 0.25) is 0 Å². The number of rotatable bonds is 4. The summed E-state index contributed by atoms with van der Waals surface area (Å²) in [5.41, 5.74) is 0.896. The van der Waals surface area contributed by atoms with Gasteiger partial charge in [0.05, 0.1) is 12.2 Å². The third-order valence-electron chi connectivity index (χ3n) is 3.20. The van der Waals surface area contributed by atoms with Gasteiger partial charge in [-0.15, -0.1) is 0 Å². The van der Waals surface area contributed by atoms with Crippen molar-refractivity contribution in [3.05, 3.63) is 27.8 Å². The second kappa shape index (κ2) is 6.49. The van der Waals surface area contributed by atoms with Crippen LogP contribution in [0.3, 0.4) is 0 Å². The Morgan fingerprint density at radius 1 is 1.50 bits per heavy atom. The van der Waals surface area contributed by atoms with Crippen LogP contribution >= 0.6 is 22.6 Å². The molecule has 1 fully saturated rings. The molecule has 0 spiro atoms. The Kier molecular flexibility index (Phi) is 4.96. The fraction of sp³-hybridized carbons (Fsp3) is 0.462. The maximum atomic E-state index is 11.9. The molecule has 1 heterocycles. The molecule has 2 N–H and O–H groups in total. The average Bonchev–Trinajstić information content (AvgIpc) is 2.80. The monoisotopic (exact) mass is 359 g/mol. The molecular formula is C13H18IN3O. The van der Waals surface area contributed by atoms with Gasteiger partial charge in [-0.1, -0.05) is 12.1 Å². The van der Waals surface area contributed by atoms with Gasteiger partial charge in [0.2, 0.25) is 5.91 Å². The van der Waals surface area contributed by atoms with Crippen molar-refractivity contribution >= 4 is 34.2 Å². The Hall–Kier alpha value is -0.660. The van der Waals surface area contributed by atoms with Gasteiger partial charge in [0.1, 0.15) is 0 Å². The van der Waals surface area contributed by atoms with Gasteiger partial charge in [0, 0.05) is 22.7 Å². The lowest BCUT2D eigenvalue weighted by Crippen LogP contribution is -2.34. The van der Waals surface area contributed by atoms with E-state index >= 15 is 0 Å². The topological polar surface area (TPSA) is 44.4 Å². The number of halogens is 1. The van der Waals surface area contributed by atoms with Gasteiger partial charge >= 0.3 is 0 Å². The van der Waals surface area contributed by atoms with Crippen LogP contribution in [0, 0.1) is 3.57 Å². The Morgan fingerprint density at radius 3 is 2.94 bits per heavy atom. The van der Waals surface area contributed by atoms with Crippen molar-refractivity contribution in [1.29, 1.82) is 0 Å². The second-order valence-electron chi connectivity index (χ2n) is 4.54. The number of amides is 1. The molecule has 1 aromatic carbocycles. The first kappa shape index (κ1) is 13.8. The first-order valence-electron chi connectivity index (χ1n) is 6.13. The Bertz CT molecular complexity index is 424. The molecule has 1 aliphatic rings. The van der Waals surface area contributed by atoms with Crippen LogP contribution in [-0.4, -0.2) is 43.5 Å². The predicted octanol–water partition coefficient (Wildman–Crippen LogP) is 1.52. The summed E-state index contributed by atoms with van der Waals surface area (Å²) >= 11 is 2.23. The van der Waals surface area contributed by atoms with Gasteiger partial charge in [-0.25, -0.2) is 0 Å².